The minimum absolute atomic E-state index is 0.00139. The Morgan fingerprint density at radius 1 is 1.11 bits per heavy atom. The van der Waals surface area contributed by atoms with Crippen molar-refractivity contribution >= 4 is 48.2 Å². The molecule has 14 heteroatoms. The Bertz CT molecular complexity index is 1460. The number of esters is 1. The van der Waals surface area contributed by atoms with Crippen LogP contribution in [0.3, 0.4) is 0 Å². The van der Waals surface area contributed by atoms with Crippen LogP contribution in [0.4, 0.5) is 4.79 Å². The van der Waals surface area contributed by atoms with E-state index in [2.05, 4.69) is 36.3 Å². The van der Waals surface area contributed by atoms with Crippen molar-refractivity contribution in [3.63, 3.8) is 0 Å². The summed E-state index contributed by atoms with van der Waals surface area (Å²) in [6.45, 7) is 17.1. The molecule has 1 N–H and O–H groups in total. The van der Waals surface area contributed by atoms with Crippen molar-refractivity contribution in [3.05, 3.63) is 34.8 Å². The molecule has 250 valence electrons. The van der Waals surface area contributed by atoms with Crippen LogP contribution in [-0.2, 0) is 30.0 Å². The fraction of sp³-hybridized carbons (Fsp3) is 0.656. The zero-order valence-corrected chi connectivity index (χ0v) is 29.6. The summed E-state index contributed by atoms with van der Waals surface area (Å²) in [6, 6.07) is 4.97. The largest absolute Gasteiger partial charge is 0.514 e. The van der Waals surface area contributed by atoms with Crippen molar-refractivity contribution in [1.82, 2.24) is 15.5 Å². The van der Waals surface area contributed by atoms with Gasteiger partial charge in [-0.05, 0) is 96.6 Å². The van der Waals surface area contributed by atoms with Gasteiger partial charge in [0.05, 0.1) is 23.4 Å². The van der Waals surface area contributed by atoms with Gasteiger partial charge in [-0.3, -0.25) is 4.79 Å². The number of aromatic nitrogens is 2. The number of rotatable bonds is 9. The molecule has 1 aromatic heterocycles. The third-order valence-electron chi connectivity index (χ3n) is 9.04. The number of carbonyl (C=O) groups is 3. The van der Waals surface area contributed by atoms with Crippen molar-refractivity contribution in [2.24, 2.45) is 17.3 Å². The lowest BCUT2D eigenvalue weighted by Crippen LogP contribution is -2.65. The van der Waals surface area contributed by atoms with E-state index in [-0.39, 0.29) is 40.9 Å². The number of ether oxygens (including phenoxy) is 3. The summed E-state index contributed by atoms with van der Waals surface area (Å²) >= 11 is 2.64. The molecule has 0 radical (unpaired) electrons. The van der Waals surface area contributed by atoms with Crippen LogP contribution in [0, 0.1) is 17.3 Å². The monoisotopic (exact) mass is 673 g/mol. The Morgan fingerprint density at radius 3 is 2.46 bits per heavy atom. The number of nitrogens with one attached hydrogen (secondary N) is 1. The molecule has 2 heterocycles. The molecular formula is C32H44BN3O8S2. The van der Waals surface area contributed by atoms with E-state index in [1.165, 1.54) is 29.2 Å². The van der Waals surface area contributed by atoms with Crippen LogP contribution < -0.4 is 10.1 Å². The Kier molecular flexibility index (Phi) is 9.60. The highest BCUT2D eigenvalue weighted by molar-refractivity contribution is 8.01. The Labute approximate surface area is 279 Å². The van der Waals surface area contributed by atoms with E-state index < -0.39 is 42.0 Å². The van der Waals surface area contributed by atoms with Crippen LogP contribution in [0.1, 0.15) is 91.1 Å². The molecule has 1 amide bonds. The summed E-state index contributed by atoms with van der Waals surface area (Å²) in [5, 5.41) is 11.0. The molecule has 0 spiro atoms. The Balaban J connectivity index is 1.46. The molecule has 1 unspecified atom stereocenters. The quantitative estimate of drug-likeness (QED) is 0.148. The maximum absolute atomic E-state index is 13.4. The fourth-order valence-corrected chi connectivity index (χ4v) is 8.14. The molecule has 3 saturated carbocycles. The van der Waals surface area contributed by atoms with Gasteiger partial charge < -0.3 is 28.8 Å². The number of benzene rings is 1. The summed E-state index contributed by atoms with van der Waals surface area (Å²) < 4.78 is 30.9. The minimum atomic E-state index is -0.965. The van der Waals surface area contributed by atoms with Crippen molar-refractivity contribution < 1.29 is 37.9 Å². The molecule has 4 fully saturated rings. The second-order valence-corrected chi connectivity index (χ2v) is 17.1. The second-order valence-electron chi connectivity index (χ2n) is 15.1. The number of hydrogen-bond acceptors (Lipinski definition) is 12. The van der Waals surface area contributed by atoms with Crippen LogP contribution in [0.15, 0.2) is 28.0 Å². The summed E-state index contributed by atoms with van der Waals surface area (Å²) in [6.07, 6.45) is 1.01. The van der Waals surface area contributed by atoms with Gasteiger partial charge in [-0.15, -0.1) is 10.2 Å². The molecule has 11 nitrogen and oxygen atoms in total. The second kappa shape index (κ2) is 12.7. The van der Waals surface area contributed by atoms with Gasteiger partial charge in [0.2, 0.25) is 5.91 Å². The van der Waals surface area contributed by atoms with E-state index in [9.17, 15) is 14.4 Å². The average Bonchev–Trinajstić information content (AvgIpc) is 3.57. The lowest BCUT2D eigenvalue weighted by Gasteiger charge is -2.64. The maximum atomic E-state index is 13.4. The highest BCUT2D eigenvalue weighted by Crippen LogP contribution is 2.65. The van der Waals surface area contributed by atoms with E-state index in [1.807, 2.05) is 0 Å². The summed E-state index contributed by atoms with van der Waals surface area (Å²) in [5.74, 6) is -0.613. The summed E-state index contributed by atoms with van der Waals surface area (Å²) in [4.78, 5) is 39.6. The van der Waals surface area contributed by atoms with E-state index in [0.29, 0.717) is 21.7 Å². The number of thioether (sulfide) groups is 1. The van der Waals surface area contributed by atoms with Crippen molar-refractivity contribution in [3.8, 4) is 5.75 Å². The van der Waals surface area contributed by atoms with Crippen LogP contribution >= 0.6 is 23.1 Å². The van der Waals surface area contributed by atoms with Gasteiger partial charge in [-0.1, -0.05) is 49.1 Å². The normalized spacial score (nSPS) is 25.6. The summed E-state index contributed by atoms with van der Waals surface area (Å²) in [7, 11) is -0.778. The Morgan fingerprint density at radius 2 is 1.83 bits per heavy atom. The van der Waals surface area contributed by atoms with Crippen molar-refractivity contribution in [2.75, 3.05) is 5.75 Å². The molecule has 2 aromatic rings. The Hall–Kier alpha value is -2.68. The van der Waals surface area contributed by atoms with Gasteiger partial charge in [0.1, 0.15) is 22.3 Å². The predicted octanol–water partition coefficient (Wildman–Crippen LogP) is 5.89. The number of para-hydroxylation sites is 1. The van der Waals surface area contributed by atoms with Crippen molar-refractivity contribution in [1.29, 1.82) is 0 Å². The van der Waals surface area contributed by atoms with Gasteiger partial charge in [-0.25, -0.2) is 9.59 Å². The first-order valence-corrected chi connectivity index (χ1v) is 17.5. The van der Waals surface area contributed by atoms with Crippen molar-refractivity contribution in [2.45, 2.75) is 115 Å². The average molecular weight is 674 g/mol. The standard InChI is InChI=1S/C32H44BN3O8S2/c1-29(2,3)41-26(38)20-12-10-11-18(25(20)40-28(39)42-30(4,5)6)13-23(35-24(37)16-45-27-36-34-17-46-27)33-43-22-15-19-14-21(31(19,7)8)32(22,9)44-33/h10-12,17,19,21-23H,13-16H2,1-9H3,(H,35,37)/t19-,21-,22?,23-,32-/m0/s1. The van der Waals surface area contributed by atoms with Crippen LogP contribution in [0.25, 0.3) is 0 Å². The summed E-state index contributed by atoms with van der Waals surface area (Å²) in [5.41, 5.74) is 0.161. The zero-order chi connectivity index (χ0) is 33.7. The molecule has 6 rings (SSSR count). The molecule has 3 aliphatic carbocycles. The highest BCUT2D eigenvalue weighted by Gasteiger charge is 2.68. The van der Waals surface area contributed by atoms with E-state index in [4.69, 9.17) is 23.5 Å². The molecule has 5 atom stereocenters. The molecular weight excluding hydrogens is 629 g/mol. The molecule has 1 aliphatic heterocycles. The molecule has 2 bridgehead atoms. The number of carbonyl (C=O) groups excluding carboxylic acids is 3. The lowest BCUT2D eigenvalue weighted by atomic mass is 9.43. The van der Waals surface area contributed by atoms with E-state index in [1.54, 1.807) is 59.2 Å². The highest BCUT2D eigenvalue weighted by atomic mass is 32.2. The first kappa shape index (κ1) is 34.7. The number of hydrogen-bond donors (Lipinski definition) is 1. The molecule has 46 heavy (non-hydrogen) atoms. The number of amides is 1. The van der Waals surface area contributed by atoms with Crippen LogP contribution in [-0.4, -0.2) is 69.9 Å². The first-order valence-electron chi connectivity index (χ1n) is 15.6. The zero-order valence-electron chi connectivity index (χ0n) is 28.0. The molecule has 4 aliphatic rings. The third-order valence-corrected chi connectivity index (χ3v) is 10.9. The smallest absolute Gasteiger partial charge is 0.456 e. The number of nitrogens with zero attached hydrogens (tertiary/aromatic N) is 2. The molecule has 1 saturated heterocycles. The van der Waals surface area contributed by atoms with Crippen LogP contribution in [0.2, 0.25) is 0 Å². The first-order chi connectivity index (χ1) is 21.4. The predicted molar refractivity (Wildman–Crippen MR) is 175 cm³/mol. The topological polar surface area (TPSA) is 135 Å². The van der Waals surface area contributed by atoms with Gasteiger partial charge in [0, 0.05) is 0 Å². The third kappa shape index (κ3) is 7.55. The SMILES string of the molecule is CC(C)(C)OC(=O)Oc1c(C[C@H](NC(=O)CSc2nncs2)B2OC3C[C@@H]4C[C@@H](C4(C)C)[C@]3(C)O2)cccc1C(=O)OC(C)(C)C. The molecule has 1 aromatic carbocycles. The fourth-order valence-electron chi connectivity index (χ4n) is 6.84. The minimum Gasteiger partial charge on any atom is -0.456 e. The van der Waals surface area contributed by atoms with Crippen LogP contribution in [0.5, 0.6) is 5.75 Å². The van der Waals surface area contributed by atoms with Gasteiger partial charge in [-0.2, -0.15) is 0 Å². The van der Waals surface area contributed by atoms with E-state index >= 15 is 0 Å². The lowest BCUT2D eigenvalue weighted by molar-refractivity contribution is -0.199. The maximum Gasteiger partial charge on any atom is 0.514 e. The van der Waals surface area contributed by atoms with Gasteiger partial charge in [0.25, 0.3) is 0 Å². The van der Waals surface area contributed by atoms with Gasteiger partial charge in [0.15, 0.2) is 10.1 Å². The van der Waals surface area contributed by atoms with E-state index in [0.717, 1.165) is 12.8 Å². The van der Waals surface area contributed by atoms with Gasteiger partial charge >= 0.3 is 19.2 Å².